The Kier molecular flexibility index (Phi) is 7.25. The van der Waals surface area contributed by atoms with Crippen molar-refractivity contribution in [1.29, 1.82) is 0 Å². The summed E-state index contributed by atoms with van der Waals surface area (Å²) in [5.41, 5.74) is 6.55. The molecule has 4 rings (SSSR count). The van der Waals surface area contributed by atoms with Gasteiger partial charge in [-0.3, -0.25) is 9.59 Å². The summed E-state index contributed by atoms with van der Waals surface area (Å²) in [6, 6.07) is 13.9. The number of hydrogen-bond donors (Lipinski definition) is 2. The second-order valence-corrected chi connectivity index (χ2v) is 9.31. The van der Waals surface area contributed by atoms with Crippen LogP contribution in [0, 0.1) is 25.6 Å². The fraction of sp³-hybridized carbons (Fsp3) is 0.286. The normalized spacial score (nSPS) is 17.9. The zero-order chi connectivity index (χ0) is 26.9. The van der Waals surface area contributed by atoms with E-state index < -0.39 is 41.3 Å². The molecule has 37 heavy (non-hydrogen) atoms. The Hall–Kier alpha value is -3.88. The number of carbonyl (C=O) groups excluding carboxylic acids is 2. The zero-order valence-electron chi connectivity index (χ0n) is 20.4. The standard InChI is InChI=1S/C28H27F4N3O2/c1-16-8-13-20(15-22(16)28(30,31)32)34-26(36)21-6-4-14-35(25(21)18-9-11-19(33)12-10-18)27(37)24-17(2)5-3-7-23(24)29/h3,5,7-13,15,21,25H,4,6,14,33H2,1-2H3,(H,34,36)/t21?,25-/m0/s1. The maximum atomic E-state index is 14.7. The average Bonchev–Trinajstić information content (AvgIpc) is 2.84. The van der Waals surface area contributed by atoms with Gasteiger partial charge in [0.1, 0.15) is 5.82 Å². The van der Waals surface area contributed by atoms with Gasteiger partial charge in [0.25, 0.3) is 5.91 Å². The summed E-state index contributed by atoms with van der Waals surface area (Å²) in [6.45, 7) is 3.27. The predicted octanol–water partition coefficient (Wildman–Crippen LogP) is 6.28. The molecule has 1 unspecified atom stereocenters. The molecule has 0 aromatic heterocycles. The van der Waals surface area contributed by atoms with Gasteiger partial charge >= 0.3 is 6.18 Å². The van der Waals surface area contributed by atoms with E-state index in [1.165, 1.54) is 36.1 Å². The molecule has 0 spiro atoms. The number of anilines is 2. The van der Waals surface area contributed by atoms with Gasteiger partial charge in [-0.05, 0) is 73.7 Å². The van der Waals surface area contributed by atoms with E-state index in [1.54, 1.807) is 37.3 Å². The van der Waals surface area contributed by atoms with E-state index in [1.807, 2.05) is 0 Å². The van der Waals surface area contributed by atoms with Crippen LogP contribution in [0.15, 0.2) is 60.7 Å². The summed E-state index contributed by atoms with van der Waals surface area (Å²) in [4.78, 5) is 28.6. The van der Waals surface area contributed by atoms with Crippen molar-refractivity contribution in [2.45, 2.75) is 38.9 Å². The molecule has 9 heteroatoms. The number of piperidine rings is 1. The van der Waals surface area contributed by atoms with Crippen LogP contribution in [-0.2, 0) is 11.0 Å². The van der Waals surface area contributed by atoms with Crippen LogP contribution in [-0.4, -0.2) is 23.3 Å². The second kappa shape index (κ2) is 10.2. The van der Waals surface area contributed by atoms with E-state index >= 15 is 0 Å². The third kappa shape index (κ3) is 5.45. The number of benzene rings is 3. The Morgan fingerprint density at radius 2 is 1.70 bits per heavy atom. The summed E-state index contributed by atoms with van der Waals surface area (Å²) in [5, 5.41) is 2.61. The van der Waals surface area contributed by atoms with Crippen LogP contribution in [0.3, 0.4) is 0 Å². The number of nitrogens with zero attached hydrogens (tertiary/aromatic N) is 1. The van der Waals surface area contributed by atoms with Gasteiger partial charge < -0.3 is 16.0 Å². The molecule has 1 aliphatic heterocycles. The van der Waals surface area contributed by atoms with Gasteiger partial charge in [0.2, 0.25) is 5.91 Å². The van der Waals surface area contributed by atoms with Crippen molar-refractivity contribution >= 4 is 23.2 Å². The lowest BCUT2D eigenvalue weighted by Crippen LogP contribution is -2.46. The van der Waals surface area contributed by atoms with Gasteiger partial charge in [0.15, 0.2) is 0 Å². The molecular weight excluding hydrogens is 486 g/mol. The molecule has 3 aromatic carbocycles. The predicted molar refractivity (Wildman–Crippen MR) is 133 cm³/mol. The molecule has 2 atom stereocenters. The number of nitrogens with two attached hydrogens (primary N) is 1. The number of halogens is 4. The molecule has 1 fully saturated rings. The number of rotatable bonds is 4. The lowest BCUT2D eigenvalue weighted by molar-refractivity contribution is -0.138. The SMILES string of the molecule is Cc1ccc(NC(=O)C2CCCN(C(=O)c3c(C)cccc3F)[C@H]2c2ccc(N)cc2)cc1C(F)(F)F. The van der Waals surface area contributed by atoms with Crippen LogP contribution in [0.25, 0.3) is 0 Å². The van der Waals surface area contributed by atoms with Crippen molar-refractivity contribution in [2.24, 2.45) is 5.92 Å². The number of nitrogen functional groups attached to an aromatic ring is 1. The number of aryl methyl sites for hydroxylation is 2. The molecule has 0 aliphatic carbocycles. The molecule has 2 amide bonds. The van der Waals surface area contributed by atoms with Crippen LogP contribution >= 0.6 is 0 Å². The van der Waals surface area contributed by atoms with E-state index in [-0.39, 0.29) is 23.4 Å². The number of nitrogens with one attached hydrogen (secondary N) is 1. The minimum Gasteiger partial charge on any atom is -0.399 e. The van der Waals surface area contributed by atoms with Crippen molar-refractivity contribution in [3.05, 3.63) is 94.3 Å². The third-order valence-corrected chi connectivity index (χ3v) is 6.75. The maximum absolute atomic E-state index is 14.7. The lowest BCUT2D eigenvalue weighted by atomic mass is 9.83. The quantitative estimate of drug-likeness (QED) is 0.319. The van der Waals surface area contributed by atoms with Crippen LogP contribution in [0.5, 0.6) is 0 Å². The number of alkyl halides is 3. The molecular formula is C28H27F4N3O2. The van der Waals surface area contributed by atoms with Crippen LogP contribution in [0.2, 0.25) is 0 Å². The monoisotopic (exact) mass is 513 g/mol. The molecule has 1 aliphatic rings. The first-order valence-corrected chi connectivity index (χ1v) is 11.9. The third-order valence-electron chi connectivity index (χ3n) is 6.75. The zero-order valence-corrected chi connectivity index (χ0v) is 20.4. The van der Waals surface area contributed by atoms with E-state index in [0.29, 0.717) is 29.7 Å². The second-order valence-electron chi connectivity index (χ2n) is 9.31. The van der Waals surface area contributed by atoms with Gasteiger partial charge in [0.05, 0.1) is 23.1 Å². The van der Waals surface area contributed by atoms with Crippen molar-refractivity contribution in [3.63, 3.8) is 0 Å². The van der Waals surface area contributed by atoms with E-state index in [4.69, 9.17) is 5.73 Å². The lowest BCUT2D eigenvalue weighted by Gasteiger charge is -2.41. The van der Waals surface area contributed by atoms with Crippen LogP contribution in [0.1, 0.15) is 51.5 Å². The van der Waals surface area contributed by atoms with Crippen molar-refractivity contribution in [3.8, 4) is 0 Å². The van der Waals surface area contributed by atoms with Gasteiger partial charge in [-0.15, -0.1) is 0 Å². The Morgan fingerprint density at radius 3 is 2.35 bits per heavy atom. The highest BCUT2D eigenvalue weighted by atomic mass is 19.4. The molecule has 0 saturated carbocycles. The summed E-state index contributed by atoms with van der Waals surface area (Å²) in [6.07, 6.45) is -3.72. The Bertz CT molecular complexity index is 1300. The van der Waals surface area contributed by atoms with E-state index in [9.17, 15) is 27.2 Å². The summed E-state index contributed by atoms with van der Waals surface area (Å²) in [7, 11) is 0. The van der Waals surface area contributed by atoms with Crippen molar-refractivity contribution < 1.29 is 27.2 Å². The van der Waals surface area contributed by atoms with Gasteiger partial charge in [-0.1, -0.05) is 30.3 Å². The highest BCUT2D eigenvalue weighted by Crippen LogP contribution is 2.39. The van der Waals surface area contributed by atoms with Crippen molar-refractivity contribution in [2.75, 3.05) is 17.6 Å². The smallest absolute Gasteiger partial charge is 0.399 e. The minimum absolute atomic E-state index is 0.00683. The summed E-state index contributed by atoms with van der Waals surface area (Å²) in [5.74, 6) is -2.53. The van der Waals surface area contributed by atoms with Gasteiger partial charge in [-0.2, -0.15) is 13.2 Å². The highest BCUT2D eigenvalue weighted by Gasteiger charge is 2.41. The molecule has 3 N–H and O–H groups in total. The molecule has 194 valence electrons. The highest BCUT2D eigenvalue weighted by molar-refractivity contribution is 5.98. The van der Waals surface area contributed by atoms with E-state index in [2.05, 4.69) is 5.32 Å². The molecule has 1 saturated heterocycles. The fourth-order valence-electron chi connectivity index (χ4n) is 4.89. The molecule has 0 bridgehead atoms. The Morgan fingerprint density at radius 1 is 1.00 bits per heavy atom. The van der Waals surface area contributed by atoms with E-state index in [0.717, 1.165) is 6.07 Å². The minimum atomic E-state index is -4.57. The molecule has 5 nitrogen and oxygen atoms in total. The topological polar surface area (TPSA) is 75.4 Å². The number of likely N-dealkylation sites (tertiary alicyclic amines) is 1. The Labute approximate surface area is 212 Å². The van der Waals surface area contributed by atoms with Crippen molar-refractivity contribution in [1.82, 2.24) is 4.90 Å². The summed E-state index contributed by atoms with van der Waals surface area (Å²) >= 11 is 0. The molecule has 0 radical (unpaired) electrons. The molecule has 1 heterocycles. The maximum Gasteiger partial charge on any atom is 0.416 e. The first kappa shape index (κ1) is 26.2. The average molecular weight is 514 g/mol. The Balaban J connectivity index is 1.71. The largest absolute Gasteiger partial charge is 0.416 e. The molecule has 3 aromatic rings. The number of carbonyl (C=O) groups is 2. The number of amides is 2. The van der Waals surface area contributed by atoms with Gasteiger partial charge in [-0.25, -0.2) is 4.39 Å². The number of hydrogen-bond acceptors (Lipinski definition) is 3. The first-order valence-electron chi connectivity index (χ1n) is 11.9. The van der Waals surface area contributed by atoms with Gasteiger partial charge in [0, 0.05) is 17.9 Å². The first-order chi connectivity index (χ1) is 17.5. The summed E-state index contributed by atoms with van der Waals surface area (Å²) < 4.78 is 54.9. The van der Waals surface area contributed by atoms with Crippen LogP contribution in [0.4, 0.5) is 28.9 Å². The van der Waals surface area contributed by atoms with Crippen LogP contribution < -0.4 is 11.1 Å². The fourth-order valence-corrected chi connectivity index (χ4v) is 4.89.